The van der Waals surface area contributed by atoms with Gasteiger partial charge >= 0.3 is 0 Å². The summed E-state index contributed by atoms with van der Waals surface area (Å²) >= 11 is 0. The van der Waals surface area contributed by atoms with Crippen LogP contribution in [0, 0.1) is 0 Å². The van der Waals surface area contributed by atoms with Gasteiger partial charge in [0, 0.05) is 19.2 Å². The zero-order valence-corrected chi connectivity index (χ0v) is 13.1. The molecule has 0 bridgehead atoms. The van der Waals surface area contributed by atoms with Crippen molar-refractivity contribution in [1.29, 1.82) is 0 Å². The van der Waals surface area contributed by atoms with Crippen molar-refractivity contribution in [2.24, 2.45) is 0 Å². The maximum absolute atomic E-state index is 12.6. The molecular formula is C18H18N2O3. The molecule has 23 heavy (non-hydrogen) atoms. The minimum absolute atomic E-state index is 0.0928. The molecule has 0 aromatic heterocycles. The molecule has 2 aromatic carbocycles. The van der Waals surface area contributed by atoms with Crippen LogP contribution in [0.5, 0.6) is 5.75 Å². The van der Waals surface area contributed by atoms with Crippen molar-refractivity contribution in [3.05, 3.63) is 59.7 Å². The highest BCUT2D eigenvalue weighted by atomic mass is 16.5. The quantitative estimate of drug-likeness (QED) is 0.948. The number of nitrogens with zero attached hydrogens (tertiary/aromatic N) is 1. The van der Waals surface area contributed by atoms with Gasteiger partial charge in [0.05, 0.1) is 5.69 Å². The van der Waals surface area contributed by atoms with E-state index >= 15 is 0 Å². The predicted molar refractivity (Wildman–Crippen MR) is 87.4 cm³/mol. The molecule has 0 fully saturated rings. The molecular weight excluding hydrogens is 292 g/mol. The highest BCUT2D eigenvalue weighted by molar-refractivity contribution is 6.00. The first-order valence-corrected chi connectivity index (χ1v) is 7.45. The molecule has 1 unspecified atom stereocenters. The molecule has 1 aliphatic rings. The van der Waals surface area contributed by atoms with Crippen LogP contribution in [0.2, 0.25) is 0 Å². The van der Waals surface area contributed by atoms with Gasteiger partial charge in [0.1, 0.15) is 5.75 Å². The van der Waals surface area contributed by atoms with Gasteiger partial charge in [-0.05, 0) is 30.7 Å². The van der Waals surface area contributed by atoms with Crippen LogP contribution in [0.1, 0.15) is 22.8 Å². The fourth-order valence-corrected chi connectivity index (χ4v) is 2.48. The van der Waals surface area contributed by atoms with Crippen LogP contribution in [0.4, 0.5) is 5.69 Å². The number of ether oxygens (including phenoxy) is 1. The lowest BCUT2D eigenvalue weighted by Gasteiger charge is -2.24. The smallest absolute Gasteiger partial charge is 0.265 e. The molecule has 118 valence electrons. The summed E-state index contributed by atoms with van der Waals surface area (Å²) in [5.41, 5.74) is 2.19. The summed E-state index contributed by atoms with van der Waals surface area (Å²) in [6, 6.07) is 14.9. The third-order valence-electron chi connectivity index (χ3n) is 3.77. The fourth-order valence-electron chi connectivity index (χ4n) is 2.48. The zero-order valence-electron chi connectivity index (χ0n) is 13.1. The number of rotatable bonds is 3. The van der Waals surface area contributed by atoms with Crippen molar-refractivity contribution in [3.63, 3.8) is 0 Å². The summed E-state index contributed by atoms with van der Waals surface area (Å²) < 4.78 is 5.55. The molecule has 0 saturated carbocycles. The van der Waals surface area contributed by atoms with Gasteiger partial charge in [-0.1, -0.05) is 30.3 Å². The average molecular weight is 310 g/mol. The molecule has 5 nitrogen and oxygen atoms in total. The molecule has 1 N–H and O–H groups in total. The Morgan fingerprint density at radius 3 is 2.70 bits per heavy atom. The fraction of sp³-hybridized carbons (Fsp3) is 0.222. The van der Waals surface area contributed by atoms with E-state index in [2.05, 4.69) is 5.32 Å². The number of carbonyl (C=O) groups excluding carboxylic acids is 2. The summed E-state index contributed by atoms with van der Waals surface area (Å²) in [4.78, 5) is 25.8. The SMILES string of the molecule is CC1Oc2cc(C(=O)N(C)Cc3ccccc3)ccc2NC1=O. The second-order valence-corrected chi connectivity index (χ2v) is 5.61. The molecule has 1 aliphatic heterocycles. The number of anilines is 1. The number of benzene rings is 2. The van der Waals surface area contributed by atoms with Gasteiger partial charge < -0.3 is 15.0 Å². The Bertz CT molecular complexity index is 743. The van der Waals surface area contributed by atoms with Crippen LogP contribution in [-0.4, -0.2) is 29.9 Å². The molecule has 0 spiro atoms. The van der Waals surface area contributed by atoms with E-state index in [9.17, 15) is 9.59 Å². The van der Waals surface area contributed by atoms with Gasteiger partial charge in [-0.25, -0.2) is 0 Å². The third kappa shape index (κ3) is 3.18. The van der Waals surface area contributed by atoms with Crippen molar-refractivity contribution in [2.45, 2.75) is 19.6 Å². The van der Waals surface area contributed by atoms with Crippen molar-refractivity contribution in [3.8, 4) is 5.75 Å². The lowest BCUT2D eigenvalue weighted by molar-refractivity contribution is -0.122. The van der Waals surface area contributed by atoms with Crippen molar-refractivity contribution in [2.75, 3.05) is 12.4 Å². The Kier molecular flexibility index (Phi) is 4.02. The Morgan fingerprint density at radius 2 is 1.96 bits per heavy atom. The minimum Gasteiger partial charge on any atom is -0.479 e. The van der Waals surface area contributed by atoms with Crippen LogP contribution in [-0.2, 0) is 11.3 Å². The molecule has 1 heterocycles. The van der Waals surface area contributed by atoms with Crippen LogP contribution >= 0.6 is 0 Å². The maximum Gasteiger partial charge on any atom is 0.265 e. The number of hydrogen-bond donors (Lipinski definition) is 1. The second kappa shape index (κ2) is 6.12. The van der Waals surface area contributed by atoms with Gasteiger partial charge in [0.25, 0.3) is 11.8 Å². The highest BCUT2D eigenvalue weighted by Gasteiger charge is 2.24. The first kappa shape index (κ1) is 15.1. The van der Waals surface area contributed by atoms with Crippen LogP contribution < -0.4 is 10.1 Å². The van der Waals surface area contributed by atoms with Crippen molar-refractivity contribution < 1.29 is 14.3 Å². The number of nitrogens with one attached hydrogen (secondary N) is 1. The van der Waals surface area contributed by atoms with E-state index in [1.807, 2.05) is 30.3 Å². The van der Waals surface area contributed by atoms with Gasteiger partial charge in [-0.3, -0.25) is 9.59 Å². The molecule has 5 heteroatoms. The third-order valence-corrected chi connectivity index (χ3v) is 3.77. The van der Waals surface area contributed by atoms with E-state index in [4.69, 9.17) is 4.74 Å². The predicted octanol–water partition coefficient (Wildman–Crippen LogP) is 2.68. The lowest BCUT2D eigenvalue weighted by Crippen LogP contribution is -2.34. The van der Waals surface area contributed by atoms with E-state index in [1.165, 1.54) is 0 Å². The second-order valence-electron chi connectivity index (χ2n) is 5.61. The monoisotopic (exact) mass is 310 g/mol. The van der Waals surface area contributed by atoms with E-state index in [-0.39, 0.29) is 11.8 Å². The van der Waals surface area contributed by atoms with Crippen molar-refractivity contribution >= 4 is 17.5 Å². The first-order valence-electron chi connectivity index (χ1n) is 7.45. The molecule has 0 radical (unpaired) electrons. The Balaban J connectivity index is 1.78. The number of fused-ring (bicyclic) bond motifs is 1. The summed E-state index contributed by atoms with van der Waals surface area (Å²) in [5.74, 6) is 0.249. The molecule has 2 aromatic rings. The number of carbonyl (C=O) groups is 2. The summed E-state index contributed by atoms with van der Waals surface area (Å²) in [7, 11) is 1.76. The van der Waals surface area contributed by atoms with Gasteiger partial charge in [0.2, 0.25) is 0 Å². The van der Waals surface area contributed by atoms with Crippen LogP contribution in [0.15, 0.2) is 48.5 Å². The average Bonchev–Trinajstić information content (AvgIpc) is 2.55. The van der Waals surface area contributed by atoms with E-state index < -0.39 is 6.10 Å². The number of hydrogen-bond acceptors (Lipinski definition) is 3. The van der Waals surface area contributed by atoms with Gasteiger partial charge in [0.15, 0.2) is 6.10 Å². The Hall–Kier alpha value is -2.82. The molecule has 0 saturated heterocycles. The topological polar surface area (TPSA) is 58.6 Å². The minimum atomic E-state index is -0.560. The number of amides is 2. The molecule has 1 atom stereocenters. The normalized spacial score (nSPS) is 16.1. The summed E-state index contributed by atoms with van der Waals surface area (Å²) in [6.07, 6.45) is -0.560. The first-order chi connectivity index (χ1) is 11.0. The molecule has 2 amide bonds. The molecule has 3 rings (SSSR count). The van der Waals surface area contributed by atoms with Gasteiger partial charge in [-0.15, -0.1) is 0 Å². The molecule has 0 aliphatic carbocycles. The summed E-state index contributed by atoms with van der Waals surface area (Å²) in [5, 5.41) is 2.76. The Labute approximate surface area is 134 Å². The lowest BCUT2D eigenvalue weighted by atomic mass is 10.1. The largest absolute Gasteiger partial charge is 0.479 e. The van der Waals surface area contributed by atoms with E-state index in [0.29, 0.717) is 23.5 Å². The van der Waals surface area contributed by atoms with Crippen molar-refractivity contribution in [1.82, 2.24) is 4.90 Å². The van der Waals surface area contributed by atoms with Crippen LogP contribution in [0.3, 0.4) is 0 Å². The highest BCUT2D eigenvalue weighted by Crippen LogP contribution is 2.30. The Morgan fingerprint density at radius 1 is 1.22 bits per heavy atom. The zero-order chi connectivity index (χ0) is 16.4. The maximum atomic E-state index is 12.6. The van der Waals surface area contributed by atoms with Crippen LogP contribution in [0.25, 0.3) is 0 Å². The van der Waals surface area contributed by atoms with Gasteiger partial charge in [-0.2, -0.15) is 0 Å². The van der Waals surface area contributed by atoms with E-state index in [0.717, 1.165) is 5.56 Å². The van der Waals surface area contributed by atoms with E-state index in [1.54, 1.807) is 37.1 Å². The summed E-state index contributed by atoms with van der Waals surface area (Å²) in [6.45, 7) is 2.21. The standard InChI is InChI=1S/C18H18N2O3/c1-12-17(21)19-15-9-8-14(10-16(15)23-12)18(22)20(2)11-13-6-4-3-5-7-13/h3-10,12H,11H2,1-2H3,(H,19,21).